The van der Waals surface area contributed by atoms with E-state index in [1.54, 1.807) is 6.20 Å². The lowest BCUT2D eigenvalue weighted by Gasteiger charge is -2.32. The highest BCUT2D eigenvalue weighted by Crippen LogP contribution is 2.22. The number of carbonyl (C=O) groups excluding carboxylic acids is 1. The van der Waals surface area contributed by atoms with Crippen molar-refractivity contribution in [2.45, 2.75) is 39.7 Å². The van der Waals surface area contributed by atoms with Crippen LogP contribution in [-0.2, 0) is 0 Å². The predicted octanol–water partition coefficient (Wildman–Crippen LogP) is 3.69. The van der Waals surface area contributed by atoms with Crippen LogP contribution < -0.4 is 4.74 Å². The Morgan fingerprint density at radius 3 is 2.46 bits per heavy atom. The van der Waals surface area contributed by atoms with E-state index in [0.29, 0.717) is 5.56 Å². The average molecular weight is 324 g/mol. The van der Waals surface area contributed by atoms with Crippen molar-refractivity contribution in [2.75, 3.05) is 13.1 Å². The third kappa shape index (κ3) is 3.75. The van der Waals surface area contributed by atoms with Crippen molar-refractivity contribution >= 4 is 5.91 Å². The van der Waals surface area contributed by atoms with Crippen molar-refractivity contribution in [1.29, 1.82) is 0 Å². The highest BCUT2D eigenvalue weighted by atomic mass is 16.5. The van der Waals surface area contributed by atoms with Crippen LogP contribution in [0.2, 0.25) is 0 Å². The van der Waals surface area contributed by atoms with Gasteiger partial charge in [-0.2, -0.15) is 0 Å². The molecule has 0 unspecified atom stereocenters. The second kappa shape index (κ2) is 7.04. The first-order valence-electron chi connectivity index (χ1n) is 8.49. The van der Waals surface area contributed by atoms with Gasteiger partial charge in [0.2, 0.25) is 0 Å². The van der Waals surface area contributed by atoms with Crippen LogP contribution in [0.25, 0.3) is 0 Å². The van der Waals surface area contributed by atoms with Crippen LogP contribution >= 0.6 is 0 Å². The number of nitrogens with zero attached hydrogens (tertiary/aromatic N) is 2. The van der Waals surface area contributed by atoms with Gasteiger partial charge >= 0.3 is 0 Å². The molecule has 2 heterocycles. The molecule has 24 heavy (non-hydrogen) atoms. The van der Waals surface area contributed by atoms with Gasteiger partial charge in [-0.25, -0.2) is 0 Å². The molecule has 1 amide bonds. The molecular weight excluding hydrogens is 300 g/mol. The number of rotatable bonds is 3. The molecule has 4 heteroatoms. The fourth-order valence-corrected chi connectivity index (χ4v) is 2.93. The van der Waals surface area contributed by atoms with Crippen LogP contribution in [0.1, 0.15) is 40.0 Å². The van der Waals surface area contributed by atoms with E-state index in [1.807, 2.05) is 30.0 Å². The maximum absolute atomic E-state index is 12.5. The normalized spacial score (nSPS) is 15.4. The molecule has 0 bridgehead atoms. The number of ether oxygens (including phenoxy) is 1. The highest BCUT2D eigenvalue weighted by molar-refractivity contribution is 5.94. The standard InChI is InChI=1S/C20H24N2O2/c1-14-4-7-19(12-15(14)2)24-18-8-10-22(11-9-18)20(23)17-6-5-16(3)21-13-17/h4-7,12-13,18H,8-11H2,1-3H3. The molecule has 0 saturated carbocycles. The van der Waals surface area contributed by atoms with Gasteiger partial charge in [0.05, 0.1) is 5.56 Å². The van der Waals surface area contributed by atoms with Crippen LogP contribution in [0, 0.1) is 20.8 Å². The van der Waals surface area contributed by atoms with Gasteiger partial charge in [0.15, 0.2) is 0 Å². The fraction of sp³-hybridized carbons (Fsp3) is 0.400. The molecule has 1 saturated heterocycles. The number of hydrogen-bond acceptors (Lipinski definition) is 3. The zero-order valence-electron chi connectivity index (χ0n) is 14.6. The van der Waals surface area contributed by atoms with Gasteiger partial charge in [-0.15, -0.1) is 0 Å². The number of likely N-dealkylation sites (tertiary alicyclic amines) is 1. The third-order valence-electron chi connectivity index (χ3n) is 4.67. The molecule has 0 N–H and O–H groups in total. The summed E-state index contributed by atoms with van der Waals surface area (Å²) < 4.78 is 6.09. The van der Waals surface area contributed by atoms with Crippen LogP contribution in [0.15, 0.2) is 36.5 Å². The zero-order valence-corrected chi connectivity index (χ0v) is 14.6. The molecule has 126 valence electrons. The smallest absolute Gasteiger partial charge is 0.255 e. The minimum absolute atomic E-state index is 0.0622. The number of aromatic nitrogens is 1. The largest absolute Gasteiger partial charge is 0.490 e. The van der Waals surface area contributed by atoms with Crippen LogP contribution in [0.3, 0.4) is 0 Å². The highest BCUT2D eigenvalue weighted by Gasteiger charge is 2.24. The van der Waals surface area contributed by atoms with E-state index in [-0.39, 0.29) is 12.0 Å². The molecule has 4 nitrogen and oxygen atoms in total. The summed E-state index contributed by atoms with van der Waals surface area (Å²) in [5.74, 6) is 0.984. The first-order chi connectivity index (χ1) is 11.5. The van der Waals surface area contributed by atoms with Gasteiger partial charge < -0.3 is 9.64 Å². The van der Waals surface area contributed by atoms with E-state index in [2.05, 4.69) is 31.0 Å². The van der Waals surface area contributed by atoms with Gasteiger partial charge in [-0.1, -0.05) is 6.07 Å². The van der Waals surface area contributed by atoms with Crippen molar-refractivity contribution in [3.05, 3.63) is 58.9 Å². The fourth-order valence-electron chi connectivity index (χ4n) is 2.93. The van der Waals surface area contributed by atoms with Crippen LogP contribution in [0.4, 0.5) is 0 Å². The van der Waals surface area contributed by atoms with Gasteiger partial charge in [0.25, 0.3) is 5.91 Å². The molecule has 2 aromatic rings. The maximum atomic E-state index is 12.5. The number of hydrogen-bond donors (Lipinski definition) is 0. The Kier molecular flexibility index (Phi) is 4.84. The first kappa shape index (κ1) is 16.5. The molecule has 3 rings (SSSR count). The van der Waals surface area contributed by atoms with Crippen molar-refractivity contribution < 1.29 is 9.53 Å². The summed E-state index contributed by atoms with van der Waals surface area (Å²) in [4.78, 5) is 18.6. The summed E-state index contributed by atoms with van der Waals surface area (Å²) in [5.41, 5.74) is 4.10. The van der Waals surface area contributed by atoms with E-state index in [4.69, 9.17) is 4.74 Å². The molecule has 1 aromatic heterocycles. The molecule has 0 atom stereocenters. The Morgan fingerprint density at radius 2 is 1.83 bits per heavy atom. The Hall–Kier alpha value is -2.36. The SMILES string of the molecule is Cc1ccc(C(=O)N2CCC(Oc3ccc(C)c(C)c3)CC2)cn1. The molecule has 1 fully saturated rings. The van der Waals surface area contributed by atoms with Gasteiger partial charge in [-0.05, 0) is 56.2 Å². The predicted molar refractivity (Wildman–Crippen MR) is 94.4 cm³/mol. The van der Waals surface area contributed by atoms with E-state index in [0.717, 1.165) is 37.4 Å². The number of amides is 1. The van der Waals surface area contributed by atoms with Gasteiger partial charge in [0.1, 0.15) is 11.9 Å². The second-order valence-corrected chi connectivity index (χ2v) is 6.54. The second-order valence-electron chi connectivity index (χ2n) is 6.54. The number of pyridine rings is 1. The molecule has 1 aromatic carbocycles. The van der Waals surface area contributed by atoms with E-state index >= 15 is 0 Å². The Bertz CT molecular complexity index is 717. The number of aryl methyl sites for hydroxylation is 3. The van der Waals surface area contributed by atoms with Crippen molar-refractivity contribution in [1.82, 2.24) is 9.88 Å². The summed E-state index contributed by atoms with van der Waals surface area (Å²) in [5, 5.41) is 0. The Morgan fingerprint density at radius 1 is 1.08 bits per heavy atom. The van der Waals surface area contributed by atoms with E-state index in [1.165, 1.54) is 11.1 Å². The molecule has 0 radical (unpaired) electrons. The summed E-state index contributed by atoms with van der Waals surface area (Å²) in [6, 6.07) is 9.93. The summed E-state index contributed by atoms with van der Waals surface area (Å²) in [6.45, 7) is 7.57. The minimum atomic E-state index is 0.0622. The summed E-state index contributed by atoms with van der Waals surface area (Å²) in [7, 11) is 0. The van der Waals surface area contributed by atoms with E-state index in [9.17, 15) is 4.79 Å². The van der Waals surface area contributed by atoms with Crippen LogP contribution in [0.5, 0.6) is 5.75 Å². The number of carbonyl (C=O) groups is 1. The minimum Gasteiger partial charge on any atom is -0.490 e. The molecule has 1 aliphatic rings. The molecular formula is C20H24N2O2. The quantitative estimate of drug-likeness (QED) is 0.865. The summed E-state index contributed by atoms with van der Waals surface area (Å²) >= 11 is 0. The lowest BCUT2D eigenvalue weighted by atomic mass is 10.1. The zero-order chi connectivity index (χ0) is 17.1. The van der Waals surface area contributed by atoms with Crippen molar-refractivity contribution in [3.8, 4) is 5.75 Å². The van der Waals surface area contributed by atoms with E-state index < -0.39 is 0 Å². The Labute approximate surface area is 143 Å². The van der Waals surface area contributed by atoms with Crippen molar-refractivity contribution in [3.63, 3.8) is 0 Å². The van der Waals surface area contributed by atoms with Crippen LogP contribution in [-0.4, -0.2) is 35.0 Å². The lowest BCUT2D eigenvalue weighted by molar-refractivity contribution is 0.0595. The molecule has 0 spiro atoms. The maximum Gasteiger partial charge on any atom is 0.255 e. The molecule has 0 aliphatic carbocycles. The average Bonchev–Trinajstić information content (AvgIpc) is 2.59. The van der Waals surface area contributed by atoms with Gasteiger partial charge in [0, 0.05) is 37.8 Å². The lowest BCUT2D eigenvalue weighted by Crippen LogP contribution is -2.41. The third-order valence-corrected chi connectivity index (χ3v) is 4.67. The topological polar surface area (TPSA) is 42.4 Å². The number of benzene rings is 1. The Balaban J connectivity index is 1.56. The summed E-state index contributed by atoms with van der Waals surface area (Å²) in [6.07, 6.45) is 3.55. The monoisotopic (exact) mass is 324 g/mol. The first-order valence-corrected chi connectivity index (χ1v) is 8.49. The molecule has 1 aliphatic heterocycles. The number of piperidine rings is 1. The van der Waals surface area contributed by atoms with Gasteiger partial charge in [-0.3, -0.25) is 9.78 Å². The van der Waals surface area contributed by atoms with Crippen molar-refractivity contribution in [2.24, 2.45) is 0 Å².